The van der Waals surface area contributed by atoms with E-state index >= 15 is 0 Å². The molecule has 0 amide bonds. The molecule has 0 atom stereocenters. The van der Waals surface area contributed by atoms with E-state index in [4.69, 9.17) is 4.74 Å². The molecular formula is C22H24N4O2. The number of benzene rings is 2. The van der Waals surface area contributed by atoms with Crippen LogP contribution in [0.1, 0.15) is 28.7 Å². The molecule has 0 spiro atoms. The largest absolute Gasteiger partial charge is 0.496 e. The minimum absolute atomic E-state index is 0.0289. The summed E-state index contributed by atoms with van der Waals surface area (Å²) in [7, 11) is 1.68. The number of hydrogen-bond acceptors (Lipinski definition) is 6. The number of nitrogens with one attached hydrogen (secondary N) is 2. The molecule has 3 rings (SSSR count). The van der Waals surface area contributed by atoms with Crippen LogP contribution in [-0.2, 0) is 6.42 Å². The number of Topliss-reactive ketones (excluding diaryl/α,β-unsaturated/α-hetero) is 1. The zero-order valence-corrected chi connectivity index (χ0v) is 16.3. The molecule has 0 aliphatic rings. The van der Waals surface area contributed by atoms with E-state index in [2.05, 4.69) is 26.7 Å². The number of ketones is 1. The highest BCUT2D eigenvalue weighted by Gasteiger charge is 2.06. The summed E-state index contributed by atoms with van der Waals surface area (Å²) < 4.78 is 5.39. The quantitative estimate of drug-likeness (QED) is 0.568. The summed E-state index contributed by atoms with van der Waals surface area (Å²) in [5.41, 5.74) is 2.61. The first kappa shape index (κ1) is 19.4. The Morgan fingerprint density at radius 1 is 1.04 bits per heavy atom. The van der Waals surface area contributed by atoms with E-state index in [0.29, 0.717) is 17.2 Å². The molecule has 6 heteroatoms. The second kappa shape index (κ2) is 8.99. The van der Waals surface area contributed by atoms with Gasteiger partial charge in [-0.3, -0.25) is 4.79 Å². The van der Waals surface area contributed by atoms with Gasteiger partial charge in [-0.25, -0.2) is 9.97 Å². The molecule has 0 aliphatic carbocycles. The van der Waals surface area contributed by atoms with Gasteiger partial charge >= 0.3 is 0 Å². The van der Waals surface area contributed by atoms with Crippen LogP contribution in [0.15, 0.2) is 54.6 Å². The fraction of sp³-hybridized carbons (Fsp3) is 0.227. The molecule has 0 saturated heterocycles. The molecule has 144 valence electrons. The van der Waals surface area contributed by atoms with Gasteiger partial charge in [0.15, 0.2) is 5.78 Å². The summed E-state index contributed by atoms with van der Waals surface area (Å²) in [5.74, 6) is 2.99. The summed E-state index contributed by atoms with van der Waals surface area (Å²) in [6.07, 6.45) is 0.816. The molecule has 0 radical (unpaired) electrons. The van der Waals surface area contributed by atoms with E-state index < -0.39 is 0 Å². The Kier molecular flexibility index (Phi) is 6.22. The standard InChI is InChI=1S/C22H24N4O2/c1-15(27)18-8-6-9-19(13-18)26-22-14-21(24-16(2)25-22)23-12-11-17-7-4-5-10-20(17)28-3/h4-10,13-14H,11-12H2,1-3H3,(H2,23,24,25,26). The third-order valence-corrected chi connectivity index (χ3v) is 4.27. The molecule has 2 N–H and O–H groups in total. The first-order chi connectivity index (χ1) is 13.5. The Balaban J connectivity index is 1.68. The zero-order chi connectivity index (χ0) is 19.9. The normalized spacial score (nSPS) is 10.4. The van der Waals surface area contributed by atoms with Crippen molar-refractivity contribution in [2.45, 2.75) is 20.3 Å². The highest BCUT2D eigenvalue weighted by atomic mass is 16.5. The maximum absolute atomic E-state index is 11.6. The second-order valence-electron chi connectivity index (χ2n) is 6.44. The van der Waals surface area contributed by atoms with Crippen LogP contribution in [0.2, 0.25) is 0 Å². The number of ether oxygens (including phenoxy) is 1. The number of methoxy groups -OCH3 is 1. The van der Waals surface area contributed by atoms with Crippen molar-refractivity contribution >= 4 is 23.1 Å². The molecule has 1 aromatic heterocycles. The van der Waals surface area contributed by atoms with Crippen molar-refractivity contribution in [1.82, 2.24) is 9.97 Å². The molecule has 0 bridgehead atoms. The topological polar surface area (TPSA) is 76.1 Å². The van der Waals surface area contributed by atoms with Crippen molar-refractivity contribution in [3.05, 3.63) is 71.5 Å². The maximum atomic E-state index is 11.6. The Hall–Kier alpha value is -3.41. The summed E-state index contributed by atoms with van der Waals surface area (Å²) in [4.78, 5) is 20.4. The number of rotatable bonds is 8. The van der Waals surface area contributed by atoms with Crippen LogP contribution < -0.4 is 15.4 Å². The van der Waals surface area contributed by atoms with Crippen molar-refractivity contribution < 1.29 is 9.53 Å². The molecule has 0 fully saturated rings. The van der Waals surface area contributed by atoms with E-state index in [9.17, 15) is 4.79 Å². The zero-order valence-electron chi connectivity index (χ0n) is 16.3. The Morgan fingerprint density at radius 2 is 1.82 bits per heavy atom. The van der Waals surface area contributed by atoms with Crippen LogP contribution in [0.5, 0.6) is 5.75 Å². The predicted octanol–water partition coefficient (Wildman–Crippen LogP) is 4.39. The molecule has 0 saturated carbocycles. The van der Waals surface area contributed by atoms with Crippen molar-refractivity contribution in [1.29, 1.82) is 0 Å². The van der Waals surface area contributed by atoms with Crippen LogP contribution in [-0.4, -0.2) is 29.4 Å². The first-order valence-corrected chi connectivity index (χ1v) is 9.14. The molecule has 3 aromatic rings. The summed E-state index contributed by atoms with van der Waals surface area (Å²) in [5, 5.41) is 6.58. The number of anilines is 3. The molecule has 1 heterocycles. The third-order valence-electron chi connectivity index (χ3n) is 4.27. The Labute approximate surface area is 165 Å². The van der Waals surface area contributed by atoms with Gasteiger partial charge in [0.05, 0.1) is 7.11 Å². The SMILES string of the molecule is COc1ccccc1CCNc1cc(Nc2cccc(C(C)=O)c2)nc(C)n1. The van der Waals surface area contributed by atoms with Gasteiger partial charge in [-0.1, -0.05) is 30.3 Å². The lowest BCUT2D eigenvalue weighted by atomic mass is 10.1. The van der Waals surface area contributed by atoms with Crippen LogP contribution in [0.4, 0.5) is 17.3 Å². The third kappa shape index (κ3) is 5.07. The lowest BCUT2D eigenvalue weighted by Gasteiger charge is -2.12. The van der Waals surface area contributed by atoms with Gasteiger partial charge in [0.25, 0.3) is 0 Å². The summed E-state index contributed by atoms with van der Waals surface area (Å²) >= 11 is 0. The van der Waals surface area contributed by atoms with Crippen LogP contribution in [0.3, 0.4) is 0 Å². The molecule has 0 aliphatic heterocycles. The van der Waals surface area contributed by atoms with Gasteiger partial charge in [0, 0.05) is 23.9 Å². The molecule has 0 unspecified atom stereocenters. The van der Waals surface area contributed by atoms with E-state index in [0.717, 1.165) is 35.8 Å². The Morgan fingerprint density at radius 3 is 2.61 bits per heavy atom. The Bertz CT molecular complexity index is 972. The average Bonchev–Trinajstić information content (AvgIpc) is 2.68. The van der Waals surface area contributed by atoms with E-state index in [1.807, 2.05) is 49.4 Å². The highest BCUT2D eigenvalue weighted by Crippen LogP contribution is 2.20. The van der Waals surface area contributed by atoms with Gasteiger partial charge in [-0.05, 0) is 44.0 Å². The van der Waals surface area contributed by atoms with Gasteiger partial charge in [0.1, 0.15) is 23.2 Å². The predicted molar refractivity (Wildman–Crippen MR) is 112 cm³/mol. The number of hydrogen-bond donors (Lipinski definition) is 2. The van der Waals surface area contributed by atoms with Gasteiger partial charge in [-0.15, -0.1) is 0 Å². The van der Waals surface area contributed by atoms with Crippen molar-refractivity contribution in [3.63, 3.8) is 0 Å². The maximum Gasteiger partial charge on any atom is 0.159 e. The van der Waals surface area contributed by atoms with Crippen molar-refractivity contribution in [2.24, 2.45) is 0 Å². The van der Waals surface area contributed by atoms with Crippen molar-refractivity contribution in [2.75, 3.05) is 24.3 Å². The second-order valence-corrected chi connectivity index (χ2v) is 6.44. The summed E-state index contributed by atoms with van der Waals surface area (Å²) in [6, 6.07) is 17.2. The minimum atomic E-state index is 0.0289. The first-order valence-electron chi connectivity index (χ1n) is 9.14. The lowest BCUT2D eigenvalue weighted by molar-refractivity contribution is 0.101. The fourth-order valence-electron chi connectivity index (χ4n) is 2.92. The smallest absolute Gasteiger partial charge is 0.159 e. The van der Waals surface area contributed by atoms with E-state index in [1.54, 1.807) is 20.1 Å². The van der Waals surface area contributed by atoms with Gasteiger partial charge < -0.3 is 15.4 Å². The number of para-hydroxylation sites is 1. The molecule has 6 nitrogen and oxygen atoms in total. The van der Waals surface area contributed by atoms with Gasteiger partial charge in [-0.2, -0.15) is 0 Å². The van der Waals surface area contributed by atoms with Crippen LogP contribution in [0.25, 0.3) is 0 Å². The van der Waals surface area contributed by atoms with Crippen LogP contribution >= 0.6 is 0 Å². The lowest BCUT2D eigenvalue weighted by Crippen LogP contribution is -2.09. The highest BCUT2D eigenvalue weighted by molar-refractivity contribution is 5.95. The summed E-state index contributed by atoms with van der Waals surface area (Å²) in [6.45, 7) is 4.12. The van der Waals surface area contributed by atoms with Crippen molar-refractivity contribution in [3.8, 4) is 5.75 Å². The van der Waals surface area contributed by atoms with Gasteiger partial charge in [0.2, 0.25) is 0 Å². The molecule has 28 heavy (non-hydrogen) atoms. The number of carbonyl (C=O) groups excluding carboxylic acids is 1. The number of nitrogens with zero attached hydrogens (tertiary/aromatic N) is 2. The number of aryl methyl sites for hydroxylation is 1. The van der Waals surface area contributed by atoms with Crippen LogP contribution in [0, 0.1) is 6.92 Å². The fourth-order valence-corrected chi connectivity index (χ4v) is 2.92. The number of carbonyl (C=O) groups is 1. The number of aromatic nitrogens is 2. The minimum Gasteiger partial charge on any atom is -0.496 e. The molecule has 2 aromatic carbocycles. The monoisotopic (exact) mass is 376 g/mol. The molecular weight excluding hydrogens is 352 g/mol. The van der Waals surface area contributed by atoms with E-state index in [1.165, 1.54) is 0 Å². The van der Waals surface area contributed by atoms with E-state index in [-0.39, 0.29) is 5.78 Å². The average molecular weight is 376 g/mol.